The SMILES string of the molecule is Cc1cc(C)n(Cc2cc(OC3CCCC3)cc(C(=O)O)n2)n1. The van der Waals surface area contributed by atoms with Crippen LogP contribution in [0, 0.1) is 13.8 Å². The summed E-state index contributed by atoms with van der Waals surface area (Å²) in [6, 6.07) is 5.31. The van der Waals surface area contributed by atoms with Gasteiger partial charge in [0.2, 0.25) is 0 Å². The Kier molecular flexibility index (Phi) is 4.32. The van der Waals surface area contributed by atoms with E-state index in [1.807, 2.05) is 30.7 Å². The highest BCUT2D eigenvalue weighted by atomic mass is 16.5. The second-order valence-electron chi connectivity index (χ2n) is 6.09. The molecule has 2 heterocycles. The molecule has 1 N–H and O–H groups in total. The number of nitrogens with zero attached hydrogens (tertiary/aromatic N) is 3. The minimum atomic E-state index is -1.04. The van der Waals surface area contributed by atoms with Crippen LogP contribution in [-0.2, 0) is 6.54 Å². The molecule has 0 unspecified atom stereocenters. The molecule has 3 rings (SSSR count). The van der Waals surface area contributed by atoms with Crippen LogP contribution >= 0.6 is 0 Å². The Morgan fingerprint density at radius 3 is 2.65 bits per heavy atom. The van der Waals surface area contributed by atoms with Gasteiger partial charge in [-0.05, 0) is 45.6 Å². The van der Waals surface area contributed by atoms with Crippen molar-refractivity contribution in [3.8, 4) is 5.75 Å². The first-order valence-electron chi connectivity index (χ1n) is 7.93. The fourth-order valence-corrected chi connectivity index (χ4v) is 3.01. The molecular formula is C17H21N3O3. The lowest BCUT2D eigenvalue weighted by Gasteiger charge is -2.14. The summed E-state index contributed by atoms with van der Waals surface area (Å²) >= 11 is 0. The number of carbonyl (C=O) groups is 1. The Labute approximate surface area is 135 Å². The van der Waals surface area contributed by atoms with Gasteiger partial charge in [-0.15, -0.1) is 0 Å². The van der Waals surface area contributed by atoms with Crippen LogP contribution in [-0.4, -0.2) is 31.9 Å². The van der Waals surface area contributed by atoms with Crippen LogP contribution in [0.3, 0.4) is 0 Å². The third kappa shape index (κ3) is 3.70. The van der Waals surface area contributed by atoms with Gasteiger partial charge in [0.15, 0.2) is 5.69 Å². The summed E-state index contributed by atoms with van der Waals surface area (Å²) in [5.74, 6) is -0.461. The monoisotopic (exact) mass is 315 g/mol. The molecule has 2 aromatic heterocycles. The Hall–Kier alpha value is -2.37. The van der Waals surface area contributed by atoms with E-state index in [1.165, 1.54) is 18.9 Å². The van der Waals surface area contributed by atoms with Crippen LogP contribution in [0.5, 0.6) is 5.75 Å². The van der Waals surface area contributed by atoms with Gasteiger partial charge in [0.25, 0.3) is 0 Å². The zero-order valence-corrected chi connectivity index (χ0v) is 13.5. The smallest absolute Gasteiger partial charge is 0.354 e. The minimum absolute atomic E-state index is 0.0111. The Morgan fingerprint density at radius 1 is 1.30 bits per heavy atom. The van der Waals surface area contributed by atoms with E-state index < -0.39 is 5.97 Å². The highest BCUT2D eigenvalue weighted by Gasteiger charge is 2.18. The zero-order chi connectivity index (χ0) is 16.4. The Balaban J connectivity index is 1.87. The van der Waals surface area contributed by atoms with Crippen molar-refractivity contribution in [3.63, 3.8) is 0 Å². The molecule has 1 saturated carbocycles. The lowest BCUT2D eigenvalue weighted by Crippen LogP contribution is -2.14. The van der Waals surface area contributed by atoms with Crippen LogP contribution in [0.2, 0.25) is 0 Å². The number of aromatic nitrogens is 3. The first kappa shape index (κ1) is 15.5. The number of hydrogen-bond acceptors (Lipinski definition) is 4. The molecule has 6 nitrogen and oxygen atoms in total. The van der Waals surface area contributed by atoms with Gasteiger partial charge >= 0.3 is 5.97 Å². The number of hydrogen-bond donors (Lipinski definition) is 1. The summed E-state index contributed by atoms with van der Waals surface area (Å²) in [6.07, 6.45) is 4.57. The second-order valence-corrected chi connectivity index (χ2v) is 6.09. The third-order valence-corrected chi connectivity index (χ3v) is 4.09. The molecule has 1 aliphatic carbocycles. The zero-order valence-electron chi connectivity index (χ0n) is 13.5. The van der Waals surface area contributed by atoms with E-state index >= 15 is 0 Å². The summed E-state index contributed by atoms with van der Waals surface area (Å²) in [5, 5.41) is 13.7. The van der Waals surface area contributed by atoms with Gasteiger partial charge in [0.05, 0.1) is 24.0 Å². The predicted molar refractivity (Wildman–Crippen MR) is 84.9 cm³/mol. The van der Waals surface area contributed by atoms with Crippen molar-refractivity contribution in [2.24, 2.45) is 0 Å². The molecule has 0 aliphatic heterocycles. The Morgan fingerprint density at radius 2 is 2.04 bits per heavy atom. The van der Waals surface area contributed by atoms with Crippen LogP contribution in [0.1, 0.15) is 53.3 Å². The normalized spacial score (nSPS) is 15.0. The van der Waals surface area contributed by atoms with Crippen molar-refractivity contribution < 1.29 is 14.6 Å². The Bertz CT molecular complexity index is 718. The van der Waals surface area contributed by atoms with Crippen molar-refractivity contribution in [2.75, 3.05) is 0 Å². The number of carboxylic acids is 1. The average Bonchev–Trinajstić information content (AvgIpc) is 3.09. The van der Waals surface area contributed by atoms with E-state index in [0.717, 1.165) is 24.2 Å². The van der Waals surface area contributed by atoms with Crippen LogP contribution in [0.15, 0.2) is 18.2 Å². The van der Waals surface area contributed by atoms with E-state index in [9.17, 15) is 9.90 Å². The first-order chi connectivity index (χ1) is 11.0. The van der Waals surface area contributed by atoms with Crippen LogP contribution < -0.4 is 4.74 Å². The van der Waals surface area contributed by atoms with Gasteiger partial charge in [-0.25, -0.2) is 9.78 Å². The average molecular weight is 315 g/mol. The molecule has 0 spiro atoms. The summed E-state index contributed by atoms with van der Waals surface area (Å²) in [5.41, 5.74) is 2.60. The summed E-state index contributed by atoms with van der Waals surface area (Å²) < 4.78 is 7.77. The van der Waals surface area contributed by atoms with Crippen molar-refractivity contribution in [3.05, 3.63) is 41.0 Å². The highest BCUT2D eigenvalue weighted by molar-refractivity contribution is 5.85. The molecule has 0 atom stereocenters. The van der Waals surface area contributed by atoms with Gasteiger partial charge in [-0.1, -0.05) is 0 Å². The maximum absolute atomic E-state index is 11.3. The number of aromatic carboxylic acids is 1. The van der Waals surface area contributed by atoms with Gasteiger partial charge in [-0.3, -0.25) is 4.68 Å². The maximum atomic E-state index is 11.3. The third-order valence-electron chi connectivity index (χ3n) is 4.09. The summed E-state index contributed by atoms with van der Waals surface area (Å²) in [7, 11) is 0. The topological polar surface area (TPSA) is 77.2 Å². The minimum Gasteiger partial charge on any atom is -0.490 e. The molecule has 122 valence electrons. The van der Waals surface area contributed by atoms with Gasteiger partial charge in [0, 0.05) is 17.8 Å². The predicted octanol–water partition coefficient (Wildman–Crippen LogP) is 2.96. The first-order valence-corrected chi connectivity index (χ1v) is 7.93. The molecular weight excluding hydrogens is 294 g/mol. The molecule has 23 heavy (non-hydrogen) atoms. The van der Waals surface area contributed by atoms with E-state index in [4.69, 9.17) is 4.74 Å². The molecule has 1 aliphatic rings. The van der Waals surface area contributed by atoms with E-state index in [0.29, 0.717) is 18.0 Å². The van der Waals surface area contributed by atoms with Crippen LogP contribution in [0.25, 0.3) is 0 Å². The standard InChI is InChI=1S/C17H21N3O3/c1-11-7-12(2)20(19-11)10-13-8-15(9-16(18-13)17(21)22)23-14-5-3-4-6-14/h7-9,14H,3-6,10H2,1-2H3,(H,21,22). The number of rotatable bonds is 5. The van der Waals surface area contributed by atoms with E-state index in [2.05, 4.69) is 10.1 Å². The molecule has 0 saturated heterocycles. The molecule has 0 amide bonds. The quantitative estimate of drug-likeness (QED) is 0.918. The highest BCUT2D eigenvalue weighted by Crippen LogP contribution is 2.25. The molecule has 6 heteroatoms. The van der Waals surface area contributed by atoms with Crippen molar-refractivity contribution >= 4 is 5.97 Å². The lowest BCUT2D eigenvalue weighted by molar-refractivity contribution is 0.0689. The van der Waals surface area contributed by atoms with Crippen molar-refractivity contribution in [1.82, 2.24) is 14.8 Å². The van der Waals surface area contributed by atoms with Crippen molar-refractivity contribution in [2.45, 2.75) is 52.2 Å². The largest absolute Gasteiger partial charge is 0.490 e. The van der Waals surface area contributed by atoms with Gasteiger partial charge in [-0.2, -0.15) is 5.10 Å². The number of carboxylic acid groups (broad SMARTS) is 1. The lowest BCUT2D eigenvalue weighted by atomic mass is 10.2. The number of pyridine rings is 1. The molecule has 1 fully saturated rings. The summed E-state index contributed by atoms with van der Waals surface area (Å²) in [6.45, 7) is 4.33. The molecule has 0 radical (unpaired) electrons. The van der Waals surface area contributed by atoms with E-state index in [-0.39, 0.29) is 11.8 Å². The number of ether oxygens (including phenoxy) is 1. The summed E-state index contributed by atoms with van der Waals surface area (Å²) in [4.78, 5) is 15.5. The fourth-order valence-electron chi connectivity index (χ4n) is 3.01. The van der Waals surface area contributed by atoms with Gasteiger partial charge < -0.3 is 9.84 Å². The fraction of sp³-hybridized carbons (Fsp3) is 0.471. The van der Waals surface area contributed by atoms with Gasteiger partial charge in [0.1, 0.15) is 5.75 Å². The number of aryl methyl sites for hydroxylation is 2. The molecule has 2 aromatic rings. The maximum Gasteiger partial charge on any atom is 0.354 e. The van der Waals surface area contributed by atoms with Crippen LogP contribution in [0.4, 0.5) is 0 Å². The molecule has 0 aromatic carbocycles. The second kappa shape index (κ2) is 6.40. The van der Waals surface area contributed by atoms with E-state index in [1.54, 1.807) is 0 Å². The molecule has 0 bridgehead atoms. The van der Waals surface area contributed by atoms with Crippen molar-refractivity contribution in [1.29, 1.82) is 0 Å².